The van der Waals surface area contributed by atoms with Crippen LogP contribution in [0.1, 0.15) is 55.2 Å². The Labute approximate surface area is 218 Å². The van der Waals surface area contributed by atoms with Gasteiger partial charge in [-0.2, -0.15) is 0 Å². The van der Waals surface area contributed by atoms with Gasteiger partial charge in [0.2, 0.25) is 0 Å². The van der Waals surface area contributed by atoms with Gasteiger partial charge in [-0.1, -0.05) is 0 Å². The molecule has 9 rings (SSSR count). The maximum atomic E-state index is 2.50. The first-order chi connectivity index (χ1) is 15.4. The molecule has 0 spiro atoms. The van der Waals surface area contributed by atoms with Crippen LogP contribution in [0.3, 0.4) is 0 Å². The van der Waals surface area contributed by atoms with Crippen molar-refractivity contribution in [3.05, 3.63) is 106 Å². The van der Waals surface area contributed by atoms with Crippen LogP contribution >= 0.6 is 0 Å². The summed E-state index contributed by atoms with van der Waals surface area (Å²) < 4.78 is 1.55. The summed E-state index contributed by atoms with van der Waals surface area (Å²) >= 11 is -0.719. The molecule has 0 fully saturated rings. The molecule has 4 aromatic rings. The zero-order valence-corrected chi connectivity index (χ0v) is 22.1. The van der Waals surface area contributed by atoms with Gasteiger partial charge in [-0.05, 0) is 0 Å². The molecule has 4 aromatic carbocycles. The molecule has 3 aliphatic carbocycles. The Kier molecular flexibility index (Phi) is 5.26. The quantitative estimate of drug-likeness (QED) is 0.318. The molecule has 2 heterocycles. The van der Waals surface area contributed by atoms with Crippen LogP contribution in [0.15, 0.2) is 83.9 Å². The van der Waals surface area contributed by atoms with Crippen molar-refractivity contribution >= 4 is 32.7 Å². The van der Waals surface area contributed by atoms with Gasteiger partial charge in [0.15, 0.2) is 0 Å². The Balaban J connectivity index is 0.00000103. The summed E-state index contributed by atoms with van der Waals surface area (Å²) in [6.07, 6.45) is 5.04. The number of benzene rings is 4. The van der Waals surface area contributed by atoms with Gasteiger partial charge in [-0.25, -0.2) is 0 Å². The second kappa shape index (κ2) is 7.95. The van der Waals surface area contributed by atoms with E-state index in [1.807, 2.05) is 11.1 Å². The Morgan fingerprint density at radius 2 is 0.970 bits per heavy atom. The van der Waals surface area contributed by atoms with Gasteiger partial charge in [0, 0.05) is 0 Å². The van der Waals surface area contributed by atoms with Gasteiger partial charge in [0.25, 0.3) is 0 Å². The van der Waals surface area contributed by atoms with E-state index in [4.69, 9.17) is 0 Å². The van der Waals surface area contributed by atoms with Crippen molar-refractivity contribution in [2.45, 2.75) is 32.9 Å². The Hall–Kier alpha value is -1.66. The molecule has 33 heavy (non-hydrogen) atoms. The van der Waals surface area contributed by atoms with Gasteiger partial charge < -0.3 is 24.8 Å². The number of fused-ring (bicyclic) bond motifs is 8. The van der Waals surface area contributed by atoms with Gasteiger partial charge in [-0.3, -0.25) is 0 Å². The standard InChI is InChI=1S/C30H22.2ClH.Zr/c1-3-7-25-19(5-1)9-11-23-17-21-14-16-28-22(13-15-27(21)29(23)25)18-24-12-10-20-6-2-4-8-26(20)30(24)28;;;/h1-12,17-18H,13-16H2;2*1H;/q;;;+2/p-2. The molecule has 2 aliphatic heterocycles. The molecule has 2 unspecified atom stereocenters. The first-order valence-corrected chi connectivity index (χ1v) is 14.5. The Morgan fingerprint density at radius 3 is 1.45 bits per heavy atom. The van der Waals surface area contributed by atoms with Crippen LogP contribution in [0.2, 0.25) is 0 Å². The van der Waals surface area contributed by atoms with E-state index in [9.17, 15) is 0 Å². The second-order valence-electron chi connectivity index (χ2n) is 9.54. The van der Waals surface area contributed by atoms with Gasteiger partial charge in [-0.15, -0.1) is 0 Å². The van der Waals surface area contributed by atoms with E-state index in [2.05, 4.69) is 72.8 Å². The molecular formula is C30H22Cl2Zr. The summed E-state index contributed by atoms with van der Waals surface area (Å²) in [6, 6.07) is 28.0. The summed E-state index contributed by atoms with van der Waals surface area (Å²) in [5.41, 5.74) is 13.8. The monoisotopic (exact) mass is 542 g/mol. The molecule has 0 radical (unpaired) electrons. The van der Waals surface area contributed by atoms with Crippen LogP contribution < -0.4 is 24.8 Å². The van der Waals surface area contributed by atoms with Crippen LogP contribution in [-0.4, -0.2) is 0 Å². The van der Waals surface area contributed by atoms with Crippen molar-refractivity contribution in [2.75, 3.05) is 0 Å². The van der Waals surface area contributed by atoms with Crippen molar-refractivity contribution in [2.24, 2.45) is 0 Å². The Morgan fingerprint density at radius 1 is 0.515 bits per heavy atom. The van der Waals surface area contributed by atoms with E-state index in [0.717, 1.165) is 7.25 Å². The van der Waals surface area contributed by atoms with Crippen molar-refractivity contribution in [1.82, 2.24) is 0 Å². The van der Waals surface area contributed by atoms with E-state index in [-0.39, 0.29) is 24.8 Å². The third-order valence-electron chi connectivity index (χ3n) is 8.24. The molecular weight excluding hydrogens is 522 g/mol. The van der Waals surface area contributed by atoms with E-state index in [1.54, 1.807) is 33.4 Å². The van der Waals surface area contributed by atoms with Crippen molar-refractivity contribution < 1.29 is 48.0 Å². The minimum atomic E-state index is -0.719. The van der Waals surface area contributed by atoms with E-state index >= 15 is 0 Å². The van der Waals surface area contributed by atoms with Crippen LogP contribution in [-0.2, 0) is 23.2 Å². The second-order valence-corrected chi connectivity index (χ2v) is 13.2. The van der Waals surface area contributed by atoms with Crippen LogP contribution in [0, 0.1) is 0 Å². The fourth-order valence-electron chi connectivity index (χ4n) is 7.00. The number of halogens is 2. The van der Waals surface area contributed by atoms with Crippen molar-refractivity contribution in [3.63, 3.8) is 0 Å². The number of hydrogen-bond donors (Lipinski definition) is 0. The molecule has 160 valence electrons. The molecule has 0 saturated carbocycles. The SMILES string of the molecule is [Cl-].[Cl-].c1ccc2c3c(ccc2c1)[CH]1[Zr+2][CH]2C4=C(CCC1=C3CC4)c1c2ccc2ccccc12. The molecule has 0 aromatic heterocycles. The molecule has 0 saturated heterocycles. The zero-order valence-electron chi connectivity index (χ0n) is 18.2. The average Bonchev–Trinajstić information content (AvgIpc) is 3.27. The van der Waals surface area contributed by atoms with E-state index in [1.165, 1.54) is 47.2 Å². The van der Waals surface area contributed by atoms with Crippen molar-refractivity contribution in [3.8, 4) is 0 Å². The van der Waals surface area contributed by atoms with Gasteiger partial charge in [0.1, 0.15) is 0 Å². The summed E-state index contributed by atoms with van der Waals surface area (Å²) in [5, 5.41) is 5.83. The summed E-state index contributed by atoms with van der Waals surface area (Å²) in [6.45, 7) is 0. The first kappa shape index (κ1) is 21.8. The molecule has 6 bridgehead atoms. The van der Waals surface area contributed by atoms with E-state index in [0.29, 0.717) is 0 Å². The van der Waals surface area contributed by atoms with Gasteiger partial charge >= 0.3 is 195 Å². The summed E-state index contributed by atoms with van der Waals surface area (Å²) in [4.78, 5) is 0. The molecule has 3 heteroatoms. The van der Waals surface area contributed by atoms with Gasteiger partial charge in [0.05, 0.1) is 0 Å². The fraction of sp³-hybridized carbons (Fsp3) is 0.200. The van der Waals surface area contributed by atoms with E-state index < -0.39 is 23.2 Å². The third kappa shape index (κ3) is 2.86. The summed E-state index contributed by atoms with van der Waals surface area (Å²) in [5.74, 6) is 0. The molecule has 5 aliphatic rings. The minimum absolute atomic E-state index is 0. The van der Waals surface area contributed by atoms with Crippen LogP contribution in [0.4, 0.5) is 0 Å². The van der Waals surface area contributed by atoms with Crippen LogP contribution in [0.25, 0.3) is 32.7 Å². The van der Waals surface area contributed by atoms with Crippen LogP contribution in [0.5, 0.6) is 0 Å². The molecule has 0 amide bonds. The third-order valence-corrected chi connectivity index (χ3v) is 13.1. The Bertz CT molecular complexity index is 1410. The zero-order chi connectivity index (χ0) is 20.1. The molecule has 0 N–H and O–H groups in total. The fourth-order valence-corrected chi connectivity index (χ4v) is 12.4. The summed E-state index contributed by atoms with van der Waals surface area (Å²) in [7, 11) is 0. The molecule has 2 atom stereocenters. The normalized spacial score (nSPS) is 21.3. The average molecular weight is 545 g/mol. The predicted octanol–water partition coefficient (Wildman–Crippen LogP) is 1.99. The predicted molar refractivity (Wildman–Crippen MR) is 126 cm³/mol. The number of rotatable bonds is 0. The number of allylic oxidation sites excluding steroid dienone is 4. The number of hydrogen-bond acceptors (Lipinski definition) is 0. The molecule has 0 nitrogen and oxygen atoms in total. The maximum absolute atomic E-state index is 2.50. The first-order valence-electron chi connectivity index (χ1n) is 11.6. The van der Waals surface area contributed by atoms with Crippen molar-refractivity contribution in [1.29, 1.82) is 0 Å². The topological polar surface area (TPSA) is 0 Å².